The molecule has 0 saturated heterocycles. The van der Waals surface area contributed by atoms with Gasteiger partial charge in [-0.2, -0.15) is 0 Å². The summed E-state index contributed by atoms with van der Waals surface area (Å²) in [5.74, 6) is 0.653. The van der Waals surface area contributed by atoms with Crippen molar-refractivity contribution in [3.63, 3.8) is 0 Å². The fourth-order valence-electron chi connectivity index (χ4n) is 1.97. The minimum atomic E-state index is 0.653. The molecule has 0 N–H and O–H groups in total. The zero-order chi connectivity index (χ0) is 8.55. The lowest BCUT2D eigenvalue weighted by Crippen LogP contribution is -2.11. The van der Waals surface area contributed by atoms with E-state index in [0.29, 0.717) is 5.92 Å². The van der Waals surface area contributed by atoms with Crippen molar-refractivity contribution < 1.29 is 0 Å². The van der Waals surface area contributed by atoms with E-state index in [9.17, 15) is 0 Å². The molecule has 0 saturated carbocycles. The van der Waals surface area contributed by atoms with Crippen LogP contribution in [0.1, 0.15) is 26.7 Å². The highest BCUT2D eigenvalue weighted by Crippen LogP contribution is 2.29. The third-order valence-corrected chi connectivity index (χ3v) is 2.57. The Morgan fingerprint density at radius 1 is 1.33 bits per heavy atom. The summed E-state index contributed by atoms with van der Waals surface area (Å²) in [6.07, 6.45) is 6.98. The molecule has 1 nitrogen and oxygen atoms in total. The molecule has 0 aromatic carbocycles. The van der Waals surface area contributed by atoms with Crippen molar-refractivity contribution in [2.45, 2.75) is 26.7 Å². The maximum atomic E-state index is 4.47. The smallest absolute Gasteiger partial charge is 0.0583 e. The Bertz CT molecular complexity index is 279. The van der Waals surface area contributed by atoms with Crippen LogP contribution in [0.2, 0.25) is 0 Å². The predicted molar refractivity (Wildman–Crippen MR) is 52.5 cm³/mol. The minimum absolute atomic E-state index is 0.653. The van der Waals surface area contributed by atoms with Crippen molar-refractivity contribution in [2.75, 3.05) is 6.54 Å². The van der Waals surface area contributed by atoms with Gasteiger partial charge in [-0.05, 0) is 29.9 Å². The molecule has 0 aromatic rings. The van der Waals surface area contributed by atoms with E-state index >= 15 is 0 Å². The minimum Gasteiger partial charge on any atom is -0.285 e. The maximum absolute atomic E-state index is 4.47. The number of rotatable bonds is 1. The molecule has 0 unspecified atom stereocenters. The molecule has 1 heterocycles. The molecule has 0 fully saturated rings. The molecule has 2 rings (SSSR count). The molecule has 1 heteroatoms. The van der Waals surface area contributed by atoms with E-state index in [0.717, 1.165) is 13.0 Å². The van der Waals surface area contributed by atoms with Gasteiger partial charge < -0.3 is 0 Å². The van der Waals surface area contributed by atoms with Crippen molar-refractivity contribution in [1.82, 2.24) is 0 Å². The summed E-state index contributed by atoms with van der Waals surface area (Å²) < 4.78 is 0. The van der Waals surface area contributed by atoms with Crippen molar-refractivity contribution in [3.05, 3.63) is 23.3 Å². The van der Waals surface area contributed by atoms with Crippen LogP contribution in [-0.2, 0) is 0 Å². The standard InChI is InChI=1S/C11H15N/c1-8(2)9-4-3-5-11-10(9)6-7-12-11/h4,6,8H,3,5,7H2,1-2H3. The summed E-state index contributed by atoms with van der Waals surface area (Å²) in [6, 6.07) is 0. The molecular formula is C11H15N. The number of hydrogen-bond donors (Lipinski definition) is 0. The number of nitrogens with zero attached hydrogens (tertiary/aromatic N) is 1. The normalized spacial score (nSPS) is 21.8. The first-order valence-corrected chi connectivity index (χ1v) is 4.73. The van der Waals surface area contributed by atoms with Crippen LogP contribution in [0.15, 0.2) is 28.3 Å². The zero-order valence-corrected chi connectivity index (χ0v) is 7.80. The summed E-state index contributed by atoms with van der Waals surface area (Å²) in [5, 5.41) is 0. The van der Waals surface area contributed by atoms with Crippen LogP contribution in [0, 0.1) is 5.92 Å². The average molecular weight is 161 g/mol. The van der Waals surface area contributed by atoms with Gasteiger partial charge in [-0.1, -0.05) is 26.0 Å². The number of fused-ring (bicyclic) bond motifs is 1. The van der Waals surface area contributed by atoms with Gasteiger partial charge in [0.25, 0.3) is 0 Å². The van der Waals surface area contributed by atoms with Gasteiger partial charge in [0.1, 0.15) is 0 Å². The third-order valence-electron chi connectivity index (χ3n) is 2.57. The van der Waals surface area contributed by atoms with Gasteiger partial charge in [0.15, 0.2) is 0 Å². The number of hydrogen-bond acceptors (Lipinski definition) is 1. The molecule has 64 valence electrons. The van der Waals surface area contributed by atoms with Gasteiger partial charge in [0, 0.05) is 5.71 Å². The number of aliphatic imine (C=N–C) groups is 1. The van der Waals surface area contributed by atoms with E-state index in [2.05, 4.69) is 31.0 Å². The van der Waals surface area contributed by atoms with Crippen LogP contribution >= 0.6 is 0 Å². The maximum Gasteiger partial charge on any atom is 0.0583 e. The lowest BCUT2D eigenvalue weighted by molar-refractivity contribution is 0.770. The highest BCUT2D eigenvalue weighted by atomic mass is 14.8. The molecule has 0 atom stereocenters. The molecule has 0 spiro atoms. The third kappa shape index (κ3) is 1.13. The van der Waals surface area contributed by atoms with E-state index in [1.54, 1.807) is 0 Å². The van der Waals surface area contributed by atoms with Gasteiger partial charge in [-0.15, -0.1) is 0 Å². The summed E-state index contributed by atoms with van der Waals surface area (Å²) in [5.41, 5.74) is 4.30. The molecule has 12 heavy (non-hydrogen) atoms. The molecule has 0 amide bonds. The molecule has 1 aliphatic carbocycles. The summed E-state index contributed by atoms with van der Waals surface area (Å²) >= 11 is 0. The second kappa shape index (κ2) is 2.89. The SMILES string of the molecule is CC(C)C1=CCCC2=NCC=C12. The lowest BCUT2D eigenvalue weighted by atomic mass is 9.86. The van der Waals surface area contributed by atoms with Crippen molar-refractivity contribution >= 4 is 5.71 Å². The molecule has 0 aromatic heterocycles. The van der Waals surface area contributed by atoms with Crippen LogP contribution in [-0.4, -0.2) is 12.3 Å². The van der Waals surface area contributed by atoms with E-state index < -0.39 is 0 Å². The summed E-state index contributed by atoms with van der Waals surface area (Å²) in [4.78, 5) is 4.47. The monoisotopic (exact) mass is 161 g/mol. The fraction of sp³-hybridized carbons (Fsp3) is 0.545. The van der Waals surface area contributed by atoms with E-state index in [1.807, 2.05) is 0 Å². The Balaban J connectivity index is 2.34. The topological polar surface area (TPSA) is 12.4 Å². The first-order chi connectivity index (χ1) is 5.79. The van der Waals surface area contributed by atoms with Crippen LogP contribution < -0.4 is 0 Å². The Morgan fingerprint density at radius 2 is 2.17 bits per heavy atom. The Morgan fingerprint density at radius 3 is 2.92 bits per heavy atom. The van der Waals surface area contributed by atoms with Crippen LogP contribution in [0.3, 0.4) is 0 Å². The average Bonchev–Trinajstić information content (AvgIpc) is 2.49. The molecular weight excluding hydrogens is 146 g/mol. The largest absolute Gasteiger partial charge is 0.285 e. The Kier molecular flexibility index (Phi) is 1.87. The lowest BCUT2D eigenvalue weighted by Gasteiger charge is -2.19. The second-order valence-electron chi connectivity index (χ2n) is 3.76. The number of allylic oxidation sites excluding steroid dienone is 3. The van der Waals surface area contributed by atoms with Crippen LogP contribution in [0.5, 0.6) is 0 Å². The van der Waals surface area contributed by atoms with Crippen molar-refractivity contribution in [1.29, 1.82) is 0 Å². The van der Waals surface area contributed by atoms with E-state index in [4.69, 9.17) is 0 Å². The second-order valence-corrected chi connectivity index (χ2v) is 3.76. The van der Waals surface area contributed by atoms with Gasteiger partial charge >= 0.3 is 0 Å². The molecule has 0 radical (unpaired) electrons. The molecule has 1 aliphatic heterocycles. The van der Waals surface area contributed by atoms with Crippen LogP contribution in [0.25, 0.3) is 0 Å². The van der Waals surface area contributed by atoms with Gasteiger partial charge in [0.2, 0.25) is 0 Å². The highest BCUT2D eigenvalue weighted by molar-refractivity contribution is 6.06. The zero-order valence-electron chi connectivity index (χ0n) is 7.80. The van der Waals surface area contributed by atoms with Gasteiger partial charge in [-0.3, -0.25) is 4.99 Å². The first-order valence-electron chi connectivity index (χ1n) is 4.73. The van der Waals surface area contributed by atoms with Gasteiger partial charge in [-0.25, -0.2) is 0 Å². The highest BCUT2D eigenvalue weighted by Gasteiger charge is 2.20. The quantitative estimate of drug-likeness (QED) is 0.560. The predicted octanol–water partition coefficient (Wildman–Crippen LogP) is 2.74. The van der Waals surface area contributed by atoms with Crippen LogP contribution in [0.4, 0.5) is 0 Å². The first kappa shape index (κ1) is 7.78. The van der Waals surface area contributed by atoms with Crippen molar-refractivity contribution in [2.24, 2.45) is 10.9 Å². The fourth-order valence-corrected chi connectivity index (χ4v) is 1.97. The summed E-state index contributed by atoms with van der Waals surface area (Å²) in [7, 11) is 0. The van der Waals surface area contributed by atoms with Crippen molar-refractivity contribution in [3.8, 4) is 0 Å². The molecule has 0 bridgehead atoms. The Hall–Kier alpha value is -0.850. The van der Waals surface area contributed by atoms with E-state index in [1.165, 1.54) is 23.3 Å². The summed E-state index contributed by atoms with van der Waals surface area (Å²) in [6.45, 7) is 5.43. The van der Waals surface area contributed by atoms with E-state index in [-0.39, 0.29) is 0 Å². The van der Waals surface area contributed by atoms with Gasteiger partial charge in [0.05, 0.1) is 6.54 Å². The Labute approximate surface area is 73.9 Å². The molecule has 2 aliphatic rings.